The minimum atomic E-state index is -0.467. The molecule has 1 amide bonds. The molecule has 8 heteroatoms. The minimum Gasteiger partial charge on any atom is -0.482 e. The topological polar surface area (TPSA) is 99.3 Å². The highest BCUT2D eigenvalue weighted by molar-refractivity contribution is 6.03. The number of aryl methyl sites for hydroxylation is 1. The van der Waals surface area contributed by atoms with Gasteiger partial charge in [0.05, 0.1) is 11.5 Å². The average Bonchev–Trinajstić information content (AvgIpc) is 3.34. The van der Waals surface area contributed by atoms with Crippen LogP contribution in [0.4, 0.5) is 11.5 Å². The highest BCUT2D eigenvalue weighted by Crippen LogP contribution is 2.28. The van der Waals surface area contributed by atoms with Gasteiger partial charge in [-0.2, -0.15) is 5.10 Å². The number of nitrogens with one attached hydrogen (secondary N) is 1. The highest BCUT2D eigenvalue weighted by Gasteiger charge is 2.16. The molecule has 0 aliphatic carbocycles. The lowest BCUT2D eigenvalue weighted by atomic mass is 10.0. The van der Waals surface area contributed by atoms with Gasteiger partial charge in [-0.25, -0.2) is 0 Å². The van der Waals surface area contributed by atoms with Gasteiger partial charge in [-0.15, -0.1) is 0 Å². The molecule has 1 heterocycles. The van der Waals surface area contributed by atoms with Gasteiger partial charge in [0.2, 0.25) is 0 Å². The molecule has 5 rings (SSSR count). The normalized spacial score (nSPS) is 10.8. The number of ether oxygens (including phenoxy) is 1. The smallest absolute Gasteiger partial charge is 0.311 e. The molecule has 0 spiro atoms. The number of fused-ring (bicyclic) bond motifs is 1. The van der Waals surface area contributed by atoms with E-state index in [2.05, 4.69) is 34.7 Å². The Hall–Kier alpha value is -4.98. The molecular formula is C29H24N4O4. The lowest BCUT2D eigenvalue weighted by Crippen LogP contribution is -2.13. The number of benzene rings is 4. The van der Waals surface area contributed by atoms with Gasteiger partial charge in [0.1, 0.15) is 6.61 Å². The van der Waals surface area contributed by atoms with Gasteiger partial charge in [0.15, 0.2) is 11.6 Å². The van der Waals surface area contributed by atoms with Crippen molar-refractivity contribution in [1.29, 1.82) is 0 Å². The van der Waals surface area contributed by atoms with E-state index in [9.17, 15) is 14.9 Å². The van der Waals surface area contributed by atoms with Crippen molar-refractivity contribution in [2.45, 2.75) is 20.1 Å². The second kappa shape index (κ2) is 10.3. The predicted octanol–water partition coefficient (Wildman–Crippen LogP) is 6.13. The van der Waals surface area contributed by atoms with Crippen molar-refractivity contribution in [1.82, 2.24) is 9.78 Å². The predicted molar refractivity (Wildman–Crippen MR) is 142 cm³/mol. The summed E-state index contributed by atoms with van der Waals surface area (Å²) in [6, 6.07) is 27.9. The van der Waals surface area contributed by atoms with Crippen LogP contribution in [0.15, 0.2) is 97.2 Å². The molecule has 0 radical (unpaired) electrons. The summed E-state index contributed by atoms with van der Waals surface area (Å²) < 4.78 is 7.48. The number of hydrogen-bond donors (Lipinski definition) is 1. The number of nitro benzene ring substituents is 1. The third kappa shape index (κ3) is 5.48. The molecule has 0 unspecified atom stereocenters. The maximum atomic E-state index is 12.9. The van der Waals surface area contributed by atoms with Crippen LogP contribution < -0.4 is 10.1 Å². The first-order chi connectivity index (χ1) is 18.0. The Morgan fingerprint density at radius 1 is 1.00 bits per heavy atom. The molecule has 0 atom stereocenters. The monoisotopic (exact) mass is 492 g/mol. The number of hydrogen-bond acceptors (Lipinski definition) is 5. The number of anilines is 1. The number of carbonyl (C=O) groups is 1. The van der Waals surface area contributed by atoms with Crippen molar-refractivity contribution in [3.63, 3.8) is 0 Å². The van der Waals surface area contributed by atoms with Crippen molar-refractivity contribution < 1.29 is 14.5 Å². The summed E-state index contributed by atoms with van der Waals surface area (Å²) in [5.74, 6) is 0.322. The first kappa shape index (κ1) is 23.7. The van der Waals surface area contributed by atoms with Crippen LogP contribution in [0.5, 0.6) is 5.75 Å². The molecule has 0 bridgehead atoms. The molecule has 1 aromatic heterocycles. The Morgan fingerprint density at radius 3 is 2.68 bits per heavy atom. The van der Waals surface area contributed by atoms with E-state index in [1.807, 2.05) is 24.4 Å². The second-order valence-corrected chi connectivity index (χ2v) is 8.71. The summed E-state index contributed by atoms with van der Waals surface area (Å²) in [5, 5.41) is 21.0. The molecule has 0 fully saturated rings. The van der Waals surface area contributed by atoms with Crippen molar-refractivity contribution in [3.05, 3.63) is 130 Å². The molecule has 0 aliphatic rings. The molecule has 0 saturated carbocycles. The summed E-state index contributed by atoms with van der Waals surface area (Å²) in [6.45, 7) is 2.45. The van der Waals surface area contributed by atoms with Crippen LogP contribution in [0, 0.1) is 17.0 Å². The average molecular weight is 493 g/mol. The van der Waals surface area contributed by atoms with Crippen LogP contribution in [0.3, 0.4) is 0 Å². The van der Waals surface area contributed by atoms with Gasteiger partial charge in [-0.05, 0) is 52.6 Å². The zero-order chi connectivity index (χ0) is 25.8. The number of aromatic nitrogens is 2. The number of nitrogens with zero attached hydrogens (tertiary/aromatic N) is 3. The molecule has 4 aromatic carbocycles. The van der Waals surface area contributed by atoms with Crippen molar-refractivity contribution >= 4 is 28.2 Å². The quantitative estimate of drug-likeness (QED) is 0.207. The summed E-state index contributed by atoms with van der Waals surface area (Å²) in [4.78, 5) is 23.7. The number of rotatable bonds is 8. The molecule has 184 valence electrons. The van der Waals surface area contributed by atoms with Gasteiger partial charge >= 0.3 is 5.69 Å². The Kier molecular flexibility index (Phi) is 6.63. The zero-order valence-corrected chi connectivity index (χ0v) is 20.1. The Balaban J connectivity index is 1.25. The van der Waals surface area contributed by atoms with Gasteiger partial charge < -0.3 is 10.1 Å². The zero-order valence-electron chi connectivity index (χ0n) is 20.1. The van der Waals surface area contributed by atoms with E-state index in [1.165, 1.54) is 16.8 Å². The van der Waals surface area contributed by atoms with E-state index in [-0.39, 0.29) is 24.0 Å². The SMILES string of the molecule is Cc1ccc(OCc2cccc(C(=O)Nc3ccn(Cc4cccc5ccccc45)n3)c2)c([N+](=O)[O-])c1. The fourth-order valence-corrected chi connectivity index (χ4v) is 4.17. The molecular weight excluding hydrogens is 468 g/mol. The third-order valence-corrected chi connectivity index (χ3v) is 5.99. The van der Waals surface area contributed by atoms with Crippen molar-refractivity contribution in [2.75, 3.05) is 5.32 Å². The maximum Gasteiger partial charge on any atom is 0.311 e. The standard InChI is InChI=1S/C29H24N4O4/c1-20-12-13-27(26(16-20)33(35)36)37-19-21-6-4-9-23(17-21)29(34)30-28-14-15-32(31-28)18-24-10-5-8-22-7-2-3-11-25(22)24/h2-17H,18-19H2,1H3,(H,30,31,34). The molecule has 0 saturated heterocycles. The summed E-state index contributed by atoms with van der Waals surface area (Å²) in [5.41, 5.74) is 2.97. The van der Waals surface area contributed by atoms with Crippen molar-refractivity contribution in [3.8, 4) is 5.75 Å². The van der Waals surface area contributed by atoms with E-state index in [0.717, 1.165) is 11.1 Å². The van der Waals surface area contributed by atoms with Gasteiger partial charge in [-0.1, -0.05) is 60.7 Å². The lowest BCUT2D eigenvalue weighted by molar-refractivity contribution is -0.386. The van der Waals surface area contributed by atoms with Gasteiger partial charge in [0, 0.05) is 23.9 Å². The van der Waals surface area contributed by atoms with E-state index >= 15 is 0 Å². The van der Waals surface area contributed by atoms with Gasteiger partial charge in [-0.3, -0.25) is 19.6 Å². The second-order valence-electron chi connectivity index (χ2n) is 8.71. The first-order valence-corrected chi connectivity index (χ1v) is 11.7. The van der Waals surface area contributed by atoms with E-state index in [4.69, 9.17) is 4.74 Å². The summed E-state index contributed by atoms with van der Waals surface area (Å²) >= 11 is 0. The molecule has 8 nitrogen and oxygen atoms in total. The largest absolute Gasteiger partial charge is 0.482 e. The van der Waals surface area contributed by atoms with E-state index < -0.39 is 4.92 Å². The summed E-state index contributed by atoms with van der Waals surface area (Å²) in [7, 11) is 0. The first-order valence-electron chi connectivity index (χ1n) is 11.7. The minimum absolute atomic E-state index is 0.0880. The summed E-state index contributed by atoms with van der Waals surface area (Å²) in [6.07, 6.45) is 1.83. The molecule has 1 N–H and O–H groups in total. The fourth-order valence-electron chi connectivity index (χ4n) is 4.17. The van der Waals surface area contributed by atoms with Crippen LogP contribution in [-0.4, -0.2) is 20.6 Å². The Labute approximate surface area is 213 Å². The Morgan fingerprint density at radius 2 is 1.81 bits per heavy atom. The molecule has 0 aliphatic heterocycles. The Bertz CT molecular complexity index is 1600. The van der Waals surface area contributed by atoms with E-state index in [1.54, 1.807) is 54.1 Å². The van der Waals surface area contributed by atoms with Gasteiger partial charge in [0.25, 0.3) is 5.91 Å². The maximum absolute atomic E-state index is 12.9. The van der Waals surface area contributed by atoms with Crippen LogP contribution in [0.2, 0.25) is 0 Å². The van der Waals surface area contributed by atoms with Crippen LogP contribution in [0.1, 0.15) is 27.0 Å². The van der Waals surface area contributed by atoms with Crippen molar-refractivity contribution in [2.24, 2.45) is 0 Å². The van der Waals surface area contributed by atoms with Crippen LogP contribution in [-0.2, 0) is 13.2 Å². The van der Waals surface area contributed by atoms with E-state index in [0.29, 0.717) is 23.5 Å². The van der Waals surface area contributed by atoms with Crippen LogP contribution in [0.25, 0.3) is 10.8 Å². The van der Waals surface area contributed by atoms with Crippen LogP contribution >= 0.6 is 0 Å². The molecule has 5 aromatic rings. The number of amides is 1. The molecule has 37 heavy (non-hydrogen) atoms. The lowest BCUT2D eigenvalue weighted by Gasteiger charge is -2.09. The number of nitro groups is 1. The highest BCUT2D eigenvalue weighted by atomic mass is 16.6. The third-order valence-electron chi connectivity index (χ3n) is 5.99. The fraction of sp³-hybridized carbons (Fsp3) is 0.103. The number of carbonyl (C=O) groups excluding carboxylic acids is 1.